The summed E-state index contributed by atoms with van der Waals surface area (Å²) >= 11 is 0. The van der Waals surface area contributed by atoms with Gasteiger partial charge in [-0.1, -0.05) is 26.0 Å². The molecule has 138 valence electrons. The fourth-order valence-corrected chi connectivity index (χ4v) is 3.05. The molecule has 0 spiro atoms. The lowest BCUT2D eigenvalue weighted by atomic mass is 10.1. The first-order valence-electron chi connectivity index (χ1n) is 8.94. The van der Waals surface area contributed by atoms with Gasteiger partial charge in [0.2, 0.25) is 0 Å². The Morgan fingerprint density at radius 3 is 2.56 bits per heavy atom. The summed E-state index contributed by atoms with van der Waals surface area (Å²) in [5, 5.41) is 0. The van der Waals surface area contributed by atoms with Gasteiger partial charge in [0, 0.05) is 32.7 Å². The lowest BCUT2D eigenvalue weighted by molar-refractivity contribution is -0.135. The van der Waals surface area contributed by atoms with E-state index in [1.54, 1.807) is 7.11 Å². The Morgan fingerprint density at radius 2 is 1.96 bits per heavy atom. The fraction of sp³-hybridized carbons (Fsp3) is 0.550. The van der Waals surface area contributed by atoms with Gasteiger partial charge in [0.25, 0.3) is 5.91 Å². The van der Waals surface area contributed by atoms with Gasteiger partial charge in [0.05, 0.1) is 7.11 Å². The maximum absolute atomic E-state index is 12.4. The number of hydrogen-bond acceptors (Lipinski definition) is 4. The molecule has 0 radical (unpaired) electrons. The summed E-state index contributed by atoms with van der Waals surface area (Å²) in [5.74, 6) is 1.93. The van der Waals surface area contributed by atoms with Crippen molar-refractivity contribution in [2.45, 2.75) is 20.3 Å². The summed E-state index contributed by atoms with van der Waals surface area (Å²) in [4.78, 5) is 16.7. The molecule has 0 aromatic heterocycles. The fourth-order valence-electron chi connectivity index (χ4n) is 3.05. The van der Waals surface area contributed by atoms with Crippen molar-refractivity contribution in [2.24, 2.45) is 5.92 Å². The van der Waals surface area contributed by atoms with Crippen LogP contribution < -0.4 is 9.47 Å². The summed E-state index contributed by atoms with van der Waals surface area (Å²) in [6.45, 7) is 12.7. The van der Waals surface area contributed by atoms with Gasteiger partial charge in [-0.3, -0.25) is 9.69 Å². The number of allylic oxidation sites excluding steroid dienone is 1. The van der Waals surface area contributed by atoms with Crippen LogP contribution in [0.25, 0.3) is 0 Å². The number of amides is 1. The van der Waals surface area contributed by atoms with E-state index in [1.165, 1.54) is 0 Å². The molecule has 1 aliphatic rings. The van der Waals surface area contributed by atoms with Gasteiger partial charge in [-0.05, 0) is 30.0 Å². The number of nitrogens with zero attached hydrogens (tertiary/aromatic N) is 2. The number of benzene rings is 1. The monoisotopic (exact) mass is 346 g/mol. The first-order chi connectivity index (χ1) is 12.0. The van der Waals surface area contributed by atoms with Crippen molar-refractivity contribution in [1.29, 1.82) is 0 Å². The second kappa shape index (κ2) is 9.47. The van der Waals surface area contributed by atoms with Gasteiger partial charge in [0.1, 0.15) is 0 Å². The van der Waals surface area contributed by atoms with Crippen LogP contribution in [-0.4, -0.2) is 62.1 Å². The van der Waals surface area contributed by atoms with Crippen LogP contribution in [0.3, 0.4) is 0 Å². The molecule has 0 N–H and O–H groups in total. The largest absolute Gasteiger partial charge is 0.493 e. The molecule has 1 aliphatic heterocycles. The minimum atomic E-state index is 0.0291. The number of piperazine rings is 1. The second-order valence-electron chi connectivity index (χ2n) is 6.84. The van der Waals surface area contributed by atoms with Crippen molar-refractivity contribution in [3.63, 3.8) is 0 Å². The highest BCUT2D eigenvalue weighted by Crippen LogP contribution is 2.28. The third-order valence-electron chi connectivity index (χ3n) is 4.31. The van der Waals surface area contributed by atoms with Gasteiger partial charge >= 0.3 is 0 Å². The average Bonchev–Trinajstić information content (AvgIpc) is 2.60. The highest BCUT2D eigenvalue weighted by molar-refractivity contribution is 5.78. The molecular formula is C20H30N2O3. The van der Waals surface area contributed by atoms with Gasteiger partial charge in [-0.25, -0.2) is 0 Å². The molecule has 1 aromatic carbocycles. The summed E-state index contributed by atoms with van der Waals surface area (Å²) < 4.78 is 11.1. The van der Waals surface area contributed by atoms with Crippen LogP contribution in [0.1, 0.15) is 19.4 Å². The van der Waals surface area contributed by atoms with Crippen LogP contribution in [0.15, 0.2) is 30.9 Å². The maximum Gasteiger partial charge on any atom is 0.260 e. The topological polar surface area (TPSA) is 42.0 Å². The van der Waals surface area contributed by atoms with Crippen LogP contribution in [-0.2, 0) is 11.2 Å². The molecule has 0 atom stereocenters. The number of rotatable bonds is 8. The van der Waals surface area contributed by atoms with Crippen molar-refractivity contribution in [1.82, 2.24) is 9.80 Å². The Kier molecular flexibility index (Phi) is 7.31. The molecule has 1 amide bonds. The summed E-state index contributed by atoms with van der Waals surface area (Å²) in [7, 11) is 1.61. The zero-order valence-electron chi connectivity index (χ0n) is 15.7. The first-order valence-corrected chi connectivity index (χ1v) is 8.94. The number of hydrogen-bond donors (Lipinski definition) is 0. The molecule has 0 saturated carbocycles. The third kappa shape index (κ3) is 5.78. The number of carbonyl (C=O) groups excluding carboxylic acids is 1. The zero-order valence-corrected chi connectivity index (χ0v) is 15.7. The summed E-state index contributed by atoms with van der Waals surface area (Å²) in [6.07, 6.45) is 2.62. The average molecular weight is 346 g/mol. The smallest absolute Gasteiger partial charge is 0.260 e. The molecule has 0 unspecified atom stereocenters. The molecular weight excluding hydrogens is 316 g/mol. The number of carbonyl (C=O) groups is 1. The second-order valence-corrected chi connectivity index (χ2v) is 6.84. The van der Waals surface area contributed by atoms with Crippen molar-refractivity contribution in [3.05, 3.63) is 36.4 Å². The normalized spacial score (nSPS) is 15.3. The van der Waals surface area contributed by atoms with Crippen LogP contribution in [0, 0.1) is 5.92 Å². The summed E-state index contributed by atoms with van der Waals surface area (Å²) in [6, 6.07) is 5.74. The lowest BCUT2D eigenvalue weighted by Crippen LogP contribution is -2.50. The molecule has 1 fully saturated rings. The van der Waals surface area contributed by atoms with E-state index in [0.29, 0.717) is 17.4 Å². The minimum Gasteiger partial charge on any atom is -0.493 e. The highest BCUT2D eigenvalue weighted by Gasteiger charge is 2.22. The predicted octanol–water partition coefficient (Wildman–Crippen LogP) is 2.60. The molecule has 5 heteroatoms. The van der Waals surface area contributed by atoms with E-state index in [1.807, 2.05) is 29.2 Å². The Labute approximate surface area is 151 Å². The van der Waals surface area contributed by atoms with Crippen LogP contribution >= 0.6 is 0 Å². The molecule has 0 aliphatic carbocycles. The third-order valence-corrected chi connectivity index (χ3v) is 4.31. The van der Waals surface area contributed by atoms with Gasteiger partial charge in [-0.15, -0.1) is 6.58 Å². The van der Waals surface area contributed by atoms with Crippen molar-refractivity contribution < 1.29 is 14.3 Å². The quantitative estimate of drug-likeness (QED) is 0.679. The Balaban J connectivity index is 1.85. The van der Waals surface area contributed by atoms with Gasteiger partial charge in [-0.2, -0.15) is 0 Å². The van der Waals surface area contributed by atoms with E-state index in [4.69, 9.17) is 9.47 Å². The van der Waals surface area contributed by atoms with Crippen molar-refractivity contribution in [2.75, 3.05) is 46.4 Å². The van der Waals surface area contributed by atoms with Crippen LogP contribution in [0.5, 0.6) is 11.5 Å². The van der Waals surface area contributed by atoms with Crippen molar-refractivity contribution in [3.8, 4) is 11.5 Å². The van der Waals surface area contributed by atoms with Crippen LogP contribution in [0.2, 0.25) is 0 Å². The number of ether oxygens (including phenoxy) is 2. The number of methoxy groups -OCH3 is 1. The predicted molar refractivity (Wildman–Crippen MR) is 100 cm³/mol. The van der Waals surface area contributed by atoms with E-state index in [2.05, 4.69) is 25.3 Å². The molecule has 5 nitrogen and oxygen atoms in total. The molecule has 2 rings (SSSR count). The van der Waals surface area contributed by atoms with Crippen LogP contribution in [0.4, 0.5) is 0 Å². The Morgan fingerprint density at radius 1 is 1.24 bits per heavy atom. The molecule has 0 bridgehead atoms. The van der Waals surface area contributed by atoms with E-state index in [9.17, 15) is 4.79 Å². The summed E-state index contributed by atoms with van der Waals surface area (Å²) in [5.41, 5.74) is 1.10. The van der Waals surface area contributed by atoms with Gasteiger partial charge in [0.15, 0.2) is 18.1 Å². The highest BCUT2D eigenvalue weighted by atomic mass is 16.5. The maximum atomic E-state index is 12.4. The Hall–Kier alpha value is -2.01. The SMILES string of the molecule is C=CCc1ccc(OCC(=O)N2CCN(CC(C)C)CC2)c(OC)c1. The molecule has 1 heterocycles. The van der Waals surface area contributed by atoms with Gasteiger partial charge < -0.3 is 14.4 Å². The standard InChI is InChI=1S/C20H30N2O3/c1-5-6-17-7-8-18(19(13-17)24-4)25-15-20(23)22-11-9-21(10-12-22)14-16(2)3/h5,7-8,13,16H,1,6,9-12,14-15H2,2-4H3. The van der Waals surface area contributed by atoms with E-state index < -0.39 is 0 Å². The van der Waals surface area contributed by atoms with E-state index in [-0.39, 0.29) is 12.5 Å². The zero-order chi connectivity index (χ0) is 18.2. The Bertz CT molecular complexity index is 578. The molecule has 25 heavy (non-hydrogen) atoms. The van der Waals surface area contributed by atoms with E-state index in [0.717, 1.165) is 44.7 Å². The lowest BCUT2D eigenvalue weighted by Gasteiger charge is -2.35. The molecule has 1 saturated heterocycles. The molecule has 1 aromatic rings. The van der Waals surface area contributed by atoms with Crippen molar-refractivity contribution >= 4 is 5.91 Å². The first kappa shape index (κ1) is 19.3. The minimum absolute atomic E-state index is 0.0291. The van der Waals surface area contributed by atoms with E-state index >= 15 is 0 Å².